The second-order valence-corrected chi connectivity index (χ2v) is 8.64. The Morgan fingerprint density at radius 2 is 2.10 bits per heavy atom. The summed E-state index contributed by atoms with van der Waals surface area (Å²) < 4.78 is 51.2. The summed E-state index contributed by atoms with van der Waals surface area (Å²) in [6, 6.07) is -0.388. The van der Waals surface area contributed by atoms with Crippen molar-refractivity contribution >= 4 is 20.0 Å². The van der Waals surface area contributed by atoms with E-state index in [1.165, 1.54) is 10.5 Å². The number of aromatic amines is 1. The number of hydrogen-bond acceptors (Lipinski definition) is 5. The van der Waals surface area contributed by atoms with Crippen molar-refractivity contribution in [3.05, 3.63) is 11.9 Å². The van der Waals surface area contributed by atoms with Gasteiger partial charge in [0, 0.05) is 19.1 Å². The van der Waals surface area contributed by atoms with Gasteiger partial charge in [-0.3, -0.25) is 5.10 Å². The van der Waals surface area contributed by atoms with Crippen molar-refractivity contribution in [2.24, 2.45) is 0 Å². The third-order valence-electron chi connectivity index (χ3n) is 3.17. The van der Waals surface area contributed by atoms with Gasteiger partial charge in [-0.25, -0.2) is 21.6 Å². The highest BCUT2D eigenvalue weighted by Crippen LogP contribution is 2.22. The Labute approximate surface area is 118 Å². The Kier molecular flexibility index (Phi) is 4.19. The summed E-state index contributed by atoms with van der Waals surface area (Å²) >= 11 is 0. The van der Waals surface area contributed by atoms with Crippen molar-refractivity contribution in [1.29, 1.82) is 0 Å². The molecule has 2 N–H and O–H groups in total. The molecule has 1 aliphatic heterocycles. The second kappa shape index (κ2) is 5.43. The van der Waals surface area contributed by atoms with Gasteiger partial charge in [0.15, 0.2) is 0 Å². The fourth-order valence-electron chi connectivity index (χ4n) is 2.30. The molecule has 20 heavy (non-hydrogen) atoms. The number of sulfonamides is 2. The van der Waals surface area contributed by atoms with Crippen molar-refractivity contribution in [1.82, 2.24) is 19.2 Å². The molecule has 1 saturated heterocycles. The molecule has 1 atom stereocenters. The summed E-state index contributed by atoms with van der Waals surface area (Å²) in [5.74, 6) is 0. The first-order valence-electron chi connectivity index (χ1n) is 6.17. The fraction of sp³-hybridized carbons (Fsp3) is 0.700. The highest BCUT2D eigenvalue weighted by atomic mass is 32.2. The lowest BCUT2D eigenvalue weighted by Gasteiger charge is -2.31. The monoisotopic (exact) mass is 322 g/mol. The van der Waals surface area contributed by atoms with Gasteiger partial charge in [-0.05, 0) is 19.8 Å². The average Bonchev–Trinajstić information content (AvgIpc) is 2.74. The van der Waals surface area contributed by atoms with Gasteiger partial charge >= 0.3 is 0 Å². The predicted octanol–water partition coefficient (Wildman–Crippen LogP) is -0.580. The zero-order valence-corrected chi connectivity index (χ0v) is 13.0. The van der Waals surface area contributed by atoms with Gasteiger partial charge in [0.05, 0.1) is 18.1 Å². The van der Waals surface area contributed by atoms with E-state index in [9.17, 15) is 16.8 Å². The van der Waals surface area contributed by atoms with Crippen molar-refractivity contribution in [3.63, 3.8) is 0 Å². The molecule has 0 aliphatic carbocycles. The number of H-pyrrole nitrogens is 1. The molecular weight excluding hydrogens is 304 g/mol. The van der Waals surface area contributed by atoms with Crippen LogP contribution in [-0.4, -0.2) is 56.7 Å². The fourth-order valence-corrected chi connectivity index (χ4v) is 4.74. The van der Waals surface area contributed by atoms with Crippen LogP contribution in [0.2, 0.25) is 0 Å². The van der Waals surface area contributed by atoms with Crippen molar-refractivity contribution in [2.45, 2.75) is 30.7 Å². The van der Waals surface area contributed by atoms with Crippen LogP contribution in [0.3, 0.4) is 0 Å². The number of rotatable bonds is 4. The quantitative estimate of drug-likeness (QED) is 0.770. The van der Waals surface area contributed by atoms with Crippen LogP contribution in [0.1, 0.15) is 18.5 Å². The normalized spacial score (nSPS) is 22.0. The summed E-state index contributed by atoms with van der Waals surface area (Å²) in [4.78, 5) is 0.137. The van der Waals surface area contributed by atoms with Gasteiger partial charge in [-0.1, -0.05) is 0 Å². The van der Waals surface area contributed by atoms with Gasteiger partial charge in [-0.2, -0.15) is 9.40 Å². The van der Waals surface area contributed by atoms with Crippen LogP contribution in [-0.2, 0) is 20.0 Å². The molecule has 0 saturated carbocycles. The highest BCUT2D eigenvalue weighted by Gasteiger charge is 2.32. The number of nitrogens with one attached hydrogen (secondary N) is 2. The summed E-state index contributed by atoms with van der Waals surface area (Å²) in [6.07, 6.45) is 3.59. The van der Waals surface area contributed by atoms with Crippen molar-refractivity contribution < 1.29 is 16.8 Å². The molecule has 1 aromatic heterocycles. The average molecular weight is 322 g/mol. The zero-order valence-electron chi connectivity index (χ0n) is 11.3. The van der Waals surface area contributed by atoms with Crippen molar-refractivity contribution in [2.75, 3.05) is 19.3 Å². The third-order valence-corrected chi connectivity index (χ3v) is 5.91. The molecule has 1 unspecified atom stereocenters. The second-order valence-electron chi connectivity index (χ2n) is 4.95. The minimum atomic E-state index is -3.63. The van der Waals surface area contributed by atoms with E-state index in [1.807, 2.05) is 0 Å². The van der Waals surface area contributed by atoms with E-state index < -0.39 is 20.0 Å². The van der Waals surface area contributed by atoms with E-state index in [4.69, 9.17) is 0 Å². The Morgan fingerprint density at radius 1 is 1.40 bits per heavy atom. The topological polar surface area (TPSA) is 112 Å². The summed E-state index contributed by atoms with van der Waals surface area (Å²) in [7, 11) is -6.98. The molecule has 0 aromatic carbocycles. The molecular formula is C10H18N4O4S2. The van der Waals surface area contributed by atoms with E-state index in [1.54, 1.807) is 6.92 Å². The number of hydrogen-bond donors (Lipinski definition) is 2. The Bertz CT molecular complexity index is 680. The molecule has 8 nitrogen and oxygen atoms in total. The van der Waals surface area contributed by atoms with Crippen LogP contribution >= 0.6 is 0 Å². The molecule has 2 heterocycles. The van der Waals surface area contributed by atoms with Gasteiger partial charge < -0.3 is 0 Å². The maximum absolute atomic E-state index is 12.5. The smallest absolute Gasteiger partial charge is 0.246 e. The SMILES string of the molecule is Cc1[nH]ncc1S(=O)(=O)N1CCCC(NS(C)(=O)=O)C1. The Morgan fingerprint density at radius 3 is 2.65 bits per heavy atom. The highest BCUT2D eigenvalue weighted by molar-refractivity contribution is 7.89. The number of aryl methyl sites for hydroxylation is 1. The molecule has 1 aliphatic rings. The zero-order chi connectivity index (χ0) is 15.0. The van der Waals surface area contributed by atoms with Crippen molar-refractivity contribution in [3.8, 4) is 0 Å². The number of nitrogens with zero attached hydrogens (tertiary/aromatic N) is 2. The van der Waals surface area contributed by atoms with Crippen LogP contribution in [0, 0.1) is 6.92 Å². The summed E-state index contributed by atoms with van der Waals surface area (Å²) in [6.45, 7) is 2.16. The van der Waals surface area contributed by atoms with Gasteiger partial charge in [-0.15, -0.1) is 0 Å². The molecule has 1 fully saturated rings. The van der Waals surface area contributed by atoms with Crippen LogP contribution < -0.4 is 4.72 Å². The molecule has 10 heteroatoms. The molecule has 0 radical (unpaired) electrons. The van der Waals surface area contributed by atoms with Crippen LogP contribution in [0.4, 0.5) is 0 Å². The number of aromatic nitrogens is 2. The Hall–Kier alpha value is -0.970. The standard InChI is InChI=1S/C10H18N4O4S2/c1-8-10(6-11-12-8)20(17,18)14-5-3-4-9(7-14)13-19(2,15)16/h6,9,13H,3-5,7H2,1-2H3,(H,11,12). The first-order chi connectivity index (χ1) is 9.20. The van der Waals surface area contributed by atoms with Crippen LogP contribution in [0.5, 0.6) is 0 Å². The molecule has 114 valence electrons. The molecule has 0 spiro atoms. The van der Waals surface area contributed by atoms with E-state index in [0.717, 1.165) is 6.26 Å². The lowest BCUT2D eigenvalue weighted by atomic mass is 10.1. The third kappa shape index (κ3) is 3.37. The van der Waals surface area contributed by atoms with E-state index in [0.29, 0.717) is 25.1 Å². The largest absolute Gasteiger partial charge is 0.281 e. The Balaban J connectivity index is 2.19. The predicted molar refractivity (Wildman–Crippen MR) is 73.1 cm³/mol. The van der Waals surface area contributed by atoms with Crippen LogP contribution in [0.25, 0.3) is 0 Å². The van der Waals surface area contributed by atoms with E-state index >= 15 is 0 Å². The maximum Gasteiger partial charge on any atom is 0.246 e. The van der Waals surface area contributed by atoms with Gasteiger partial charge in [0.25, 0.3) is 0 Å². The minimum absolute atomic E-state index is 0.137. The first kappa shape index (κ1) is 15.4. The lowest BCUT2D eigenvalue weighted by molar-refractivity contribution is 0.303. The van der Waals surface area contributed by atoms with E-state index in [2.05, 4.69) is 14.9 Å². The lowest BCUT2D eigenvalue weighted by Crippen LogP contribution is -2.49. The summed E-state index contributed by atoms with van der Waals surface area (Å²) in [5.41, 5.74) is 0.475. The maximum atomic E-state index is 12.5. The van der Waals surface area contributed by atoms with Gasteiger partial charge in [0.2, 0.25) is 20.0 Å². The van der Waals surface area contributed by atoms with Gasteiger partial charge in [0.1, 0.15) is 4.90 Å². The van der Waals surface area contributed by atoms with Crippen LogP contribution in [0.15, 0.2) is 11.1 Å². The molecule has 0 amide bonds. The summed E-state index contributed by atoms with van der Waals surface area (Å²) in [5, 5.41) is 6.31. The molecule has 0 bridgehead atoms. The minimum Gasteiger partial charge on any atom is -0.281 e. The van der Waals surface area contributed by atoms with E-state index in [-0.39, 0.29) is 17.5 Å². The molecule has 2 rings (SSSR count). The molecule has 1 aromatic rings. The number of piperidine rings is 1. The first-order valence-corrected chi connectivity index (χ1v) is 9.51.